The van der Waals surface area contributed by atoms with Gasteiger partial charge in [0.2, 0.25) is 0 Å². The van der Waals surface area contributed by atoms with E-state index in [1.807, 2.05) is 43.0 Å². The summed E-state index contributed by atoms with van der Waals surface area (Å²) in [6.07, 6.45) is 0. The Bertz CT molecular complexity index is 624. The maximum absolute atomic E-state index is 12.6. The Hall–Kier alpha value is -0.650. The SMILES string of the molecule is CCN(Cc1ccc(Br)s1)C(=O)c1cccc(C)c1Br. The number of hydrogen-bond donors (Lipinski definition) is 0. The lowest BCUT2D eigenvalue weighted by Gasteiger charge is -2.21. The van der Waals surface area contributed by atoms with Crippen LogP contribution < -0.4 is 0 Å². The Morgan fingerprint density at radius 1 is 1.25 bits per heavy atom. The molecule has 0 fully saturated rings. The molecule has 0 atom stereocenters. The topological polar surface area (TPSA) is 20.3 Å². The molecule has 1 aromatic carbocycles. The largest absolute Gasteiger partial charge is 0.334 e. The summed E-state index contributed by atoms with van der Waals surface area (Å²) in [7, 11) is 0. The molecule has 0 aliphatic carbocycles. The summed E-state index contributed by atoms with van der Waals surface area (Å²) in [6, 6.07) is 9.85. The van der Waals surface area contributed by atoms with Crippen LogP contribution in [0, 0.1) is 6.92 Å². The second-order valence-electron chi connectivity index (χ2n) is 4.46. The molecule has 2 aromatic rings. The summed E-state index contributed by atoms with van der Waals surface area (Å²) in [5.74, 6) is 0.0626. The first-order valence-electron chi connectivity index (χ1n) is 6.31. The Balaban J connectivity index is 2.23. The van der Waals surface area contributed by atoms with Gasteiger partial charge in [-0.05, 0) is 69.5 Å². The van der Waals surface area contributed by atoms with Crippen molar-refractivity contribution >= 4 is 49.1 Å². The van der Waals surface area contributed by atoms with E-state index in [9.17, 15) is 4.79 Å². The van der Waals surface area contributed by atoms with E-state index in [-0.39, 0.29) is 5.91 Å². The molecule has 0 N–H and O–H groups in total. The normalized spacial score (nSPS) is 10.6. The summed E-state index contributed by atoms with van der Waals surface area (Å²) < 4.78 is 1.98. The Morgan fingerprint density at radius 2 is 2.00 bits per heavy atom. The van der Waals surface area contributed by atoms with Crippen molar-refractivity contribution in [1.82, 2.24) is 4.90 Å². The second kappa shape index (κ2) is 6.87. The first-order valence-corrected chi connectivity index (χ1v) is 8.71. The van der Waals surface area contributed by atoms with Crippen molar-refractivity contribution in [2.75, 3.05) is 6.54 Å². The summed E-state index contributed by atoms with van der Waals surface area (Å²) in [6.45, 7) is 5.33. The molecule has 5 heteroatoms. The molecular weight excluding hydrogens is 402 g/mol. The lowest BCUT2D eigenvalue weighted by Crippen LogP contribution is -2.30. The smallest absolute Gasteiger partial charge is 0.255 e. The highest BCUT2D eigenvalue weighted by Gasteiger charge is 2.18. The third-order valence-electron chi connectivity index (χ3n) is 3.07. The lowest BCUT2D eigenvalue weighted by atomic mass is 10.1. The van der Waals surface area contributed by atoms with E-state index >= 15 is 0 Å². The molecule has 2 rings (SSSR count). The lowest BCUT2D eigenvalue weighted by molar-refractivity contribution is 0.0753. The molecule has 1 heterocycles. The fraction of sp³-hybridized carbons (Fsp3) is 0.267. The molecule has 1 amide bonds. The highest BCUT2D eigenvalue weighted by molar-refractivity contribution is 9.11. The van der Waals surface area contributed by atoms with Crippen LogP contribution in [-0.4, -0.2) is 17.4 Å². The van der Waals surface area contributed by atoms with E-state index in [1.54, 1.807) is 11.3 Å². The van der Waals surface area contributed by atoms with Gasteiger partial charge >= 0.3 is 0 Å². The van der Waals surface area contributed by atoms with Crippen LogP contribution in [-0.2, 0) is 6.54 Å². The fourth-order valence-electron chi connectivity index (χ4n) is 1.93. The molecular formula is C15H15Br2NOS. The van der Waals surface area contributed by atoms with Crippen molar-refractivity contribution in [1.29, 1.82) is 0 Å². The first kappa shape index (κ1) is 15.7. The number of thiophene rings is 1. The zero-order chi connectivity index (χ0) is 14.7. The average Bonchev–Trinajstić information content (AvgIpc) is 2.84. The van der Waals surface area contributed by atoms with E-state index in [4.69, 9.17) is 0 Å². The molecule has 2 nitrogen and oxygen atoms in total. The molecule has 20 heavy (non-hydrogen) atoms. The minimum Gasteiger partial charge on any atom is -0.334 e. The Morgan fingerprint density at radius 3 is 2.60 bits per heavy atom. The van der Waals surface area contributed by atoms with Crippen molar-refractivity contribution in [3.05, 3.63) is 54.6 Å². The number of aryl methyl sites for hydroxylation is 1. The number of rotatable bonds is 4. The maximum atomic E-state index is 12.6. The van der Waals surface area contributed by atoms with Gasteiger partial charge in [-0.1, -0.05) is 12.1 Å². The van der Waals surface area contributed by atoms with Crippen LogP contribution in [0.2, 0.25) is 0 Å². The van der Waals surface area contributed by atoms with Gasteiger partial charge in [-0.2, -0.15) is 0 Å². The second-order valence-corrected chi connectivity index (χ2v) is 7.80. The van der Waals surface area contributed by atoms with Crippen molar-refractivity contribution in [2.45, 2.75) is 20.4 Å². The van der Waals surface area contributed by atoms with Crippen molar-refractivity contribution in [3.8, 4) is 0 Å². The number of hydrogen-bond acceptors (Lipinski definition) is 2. The van der Waals surface area contributed by atoms with E-state index in [2.05, 4.69) is 37.9 Å². The van der Waals surface area contributed by atoms with Crippen LogP contribution in [0.5, 0.6) is 0 Å². The van der Waals surface area contributed by atoms with Crippen LogP contribution >= 0.6 is 43.2 Å². The minimum absolute atomic E-state index is 0.0626. The van der Waals surface area contributed by atoms with E-state index in [0.717, 1.165) is 19.4 Å². The monoisotopic (exact) mass is 415 g/mol. The van der Waals surface area contributed by atoms with Gasteiger partial charge in [0, 0.05) is 15.9 Å². The fourth-order valence-corrected chi connectivity index (χ4v) is 3.87. The number of carbonyl (C=O) groups excluding carboxylic acids is 1. The number of halogens is 2. The van der Waals surface area contributed by atoms with Crippen LogP contribution in [0.4, 0.5) is 0 Å². The summed E-state index contributed by atoms with van der Waals surface area (Å²) in [5, 5.41) is 0. The van der Waals surface area contributed by atoms with Crippen molar-refractivity contribution in [2.24, 2.45) is 0 Å². The van der Waals surface area contributed by atoms with E-state index < -0.39 is 0 Å². The Labute approximate surface area is 140 Å². The van der Waals surface area contributed by atoms with Gasteiger partial charge in [0.05, 0.1) is 15.9 Å². The molecule has 0 saturated carbocycles. The third-order valence-corrected chi connectivity index (χ3v) is 5.73. The van der Waals surface area contributed by atoms with Crippen LogP contribution in [0.3, 0.4) is 0 Å². The summed E-state index contributed by atoms with van der Waals surface area (Å²) in [5.41, 5.74) is 1.80. The maximum Gasteiger partial charge on any atom is 0.255 e. The van der Waals surface area contributed by atoms with Gasteiger partial charge in [0.1, 0.15) is 0 Å². The van der Waals surface area contributed by atoms with Gasteiger partial charge in [-0.3, -0.25) is 4.79 Å². The van der Waals surface area contributed by atoms with Gasteiger partial charge < -0.3 is 4.90 Å². The van der Waals surface area contributed by atoms with Crippen molar-refractivity contribution in [3.63, 3.8) is 0 Å². The van der Waals surface area contributed by atoms with Crippen LogP contribution in [0.1, 0.15) is 27.7 Å². The number of carbonyl (C=O) groups is 1. The van der Waals surface area contributed by atoms with Gasteiger partial charge in [0.25, 0.3) is 5.91 Å². The summed E-state index contributed by atoms with van der Waals surface area (Å²) >= 11 is 8.63. The zero-order valence-corrected chi connectivity index (χ0v) is 15.3. The predicted octanol–water partition coefficient (Wildman–Crippen LogP) is 5.24. The van der Waals surface area contributed by atoms with Crippen LogP contribution in [0.25, 0.3) is 0 Å². The van der Waals surface area contributed by atoms with Crippen LogP contribution in [0.15, 0.2) is 38.6 Å². The van der Waals surface area contributed by atoms with Gasteiger partial charge in [-0.25, -0.2) is 0 Å². The van der Waals surface area contributed by atoms with E-state index in [1.165, 1.54) is 4.88 Å². The molecule has 0 aliphatic heterocycles. The standard InChI is InChI=1S/C15H15Br2NOS/c1-3-18(9-11-7-8-13(16)20-11)15(19)12-6-4-5-10(2)14(12)17/h4-8H,3,9H2,1-2H3. The van der Waals surface area contributed by atoms with Gasteiger partial charge in [-0.15, -0.1) is 11.3 Å². The van der Waals surface area contributed by atoms with Gasteiger partial charge in [0.15, 0.2) is 0 Å². The molecule has 0 radical (unpaired) electrons. The van der Waals surface area contributed by atoms with Crippen molar-refractivity contribution < 1.29 is 4.79 Å². The highest BCUT2D eigenvalue weighted by atomic mass is 79.9. The average molecular weight is 417 g/mol. The molecule has 0 aliphatic rings. The quantitative estimate of drug-likeness (QED) is 0.666. The molecule has 106 valence electrons. The Kier molecular flexibility index (Phi) is 5.41. The number of amides is 1. The molecule has 0 unspecified atom stereocenters. The summed E-state index contributed by atoms with van der Waals surface area (Å²) in [4.78, 5) is 15.7. The number of nitrogens with zero attached hydrogens (tertiary/aromatic N) is 1. The molecule has 0 spiro atoms. The number of benzene rings is 1. The third kappa shape index (κ3) is 3.51. The highest BCUT2D eigenvalue weighted by Crippen LogP contribution is 2.26. The molecule has 1 aromatic heterocycles. The zero-order valence-electron chi connectivity index (χ0n) is 11.3. The first-order chi connectivity index (χ1) is 9.52. The molecule has 0 bridgehead atoms. The van der Waals surface area contributed by atoms with E-state index in [0.29, 0.717) is 13.1 Å². The minimum atomic E-state index is 0.0626. The molecule has 0 saturated heterocycles. The predicted molar refractivity (Wildman–Crippen MR) is 91.3 cm³/mol.